The first-order chi connectivity index (χ1) is 12.1. The number of carbonyl (C=O) groups is 1. The molecule has 2 aromatic carbocycles. The summed E-state index contributed by atoms with van der Waals surface area (Å²) in [5, 5.41) is 13.2. The Labute approximate surface area is 150 Å². The van der Waals surface area contributed by atoms with Gasteiger partial charge in [-0.2, -0.15) is 13.2 Å². The molecule has 0 saturated carbocycles. The zero-order valence-electron chi connectivity index (χ0n) is 13.3. The van der Waals surface area contributed by atoms with Crippen LogP contribution in [0.15, 0.2) is 36.4 Å². The highest BCUT2D eigenvalue weighted by Crippen LogP contribution is 2.37. The third-order valence-electron chi connectivity index (χ3n) is 3.23. The van der Waals surface area contributed by atoms with Crippen molar-refractivity contribution in [2.24, 2.45) is 0 Å². The second-order valence-electron chi connectivity index (χ2n) is 5.04. The van der Waals surface area contributed by atoms with E-state index in [2.05, 4.69) is 5.32 Å². The number of amides is 1. The first kappa shape index (κ1) is 19.5. The molecule has 0 radical (unpaired) electrons. The predicted molar refractivity (Wildman–Crippen MR) is 87.6 cm³/mol. The molecule has 0 bridgehead atoms. The van der Waals surface area contributed by atoms with Gasteiger partial charge in [0.25, 0.3) is 11.6 Å². The van der Waals surface area contributed by atoms with Crippen LogP contribution in [0.3, 0.4) is 0 Å². The molecule has 0 aliphatic rings. The molecular weight excluding hydrogens is 377 g/mol. The molecule has 0 heterocycles. The van der Waals surface area contributed by atoms with Gasteiger partial charge in [0.15, 0.2) is 0 Å². The molecule has 26 heavy (non-hydrogen) atoms. The lowest BCUT2D eigenvalue weighted by molar-refractivity contribution is -0.385. The smallest absolute Gasteiger partial charge is 0.416 e. The molecule has 10 heteroatoms. The minimum absolute atomic E-state index is 0.0125. The van der Waals surface area contributed by atoms with E-state index < -0.39 is 28.3 Å². The Morgan fingerprint density at radius 2 is 1.96 bits per heavy atom. The summed E-state index contributed by atoms with van der Waals surface area (Å²) in [7, 11) is 0. The number of rotatable bonds is 5. The van der Waals surface area contributed by atoms with Crippen molar-refractivity contribution in [1.29, 1.82) is 0 Å². The van der Waals surface area contributed by atoms with E-state index in [1.807, 2.05) is 0 Å². The number of benzene rings is 2. The normalized spacial score (nSPS) is 11.1. The lowest BCUT2D eigenvalue weighted by atomic mass is 10.1. The van der Waals surface area contributed by atoms with Gasteiger partial charge in [0.05, 0.1) is 15.5 Å². The highest BCUT2D eigenvalue weighted by molar-refractivity contribution is 6.32. The van der Waals surface area contributed by atoms with Crippen LogP contribution in [0.2, 0.25) is 5.02 Å². The van der Waals surface area contributed by atoms with Crippen molar-refractivity contribution < 1.29 is 27.6 Å². The first-order valence-corrected chi connectivity index (χ1v) is 7.62. The van der Waals surface area contributed by atoms with Crippen molar-refractivity contribution in [3.05, 3.63) is 62.7 Å². The maximum atomic E-state index is 12.7. The van der Waals surface area contributed by atoms with E-state index in [1.165, 1.54) is 6.07 Å². The van der Waals surface area contributed by atoms with Crippen LogP contribution in [0.5, 0.6) is 11.5 Å². The van der Waals surface area contributed by atoms with Gasteiger partial charge in [-0.3, -0.25) is 14.9 Å². The number of halogens is 4. The number of ether oxygens (including phenoxy) is 1. The fourth-order valence-electron chi connectivity index (χ4n) is 2.06. The number of alkyl halides is 3. The van der Waals surface area contributed by atoms with Crippen LogP contribution in [-0.2, 0) is 6.18 Å². The summed E-state index contributed by atoms with van der Waals surface area (Å²) >= 11 is 5.81. The Bertz CT molecular complexity index is 856. The highest BCUT2D eigenvalue weighted by atomic mass is 35.5. The summed E-state index contributed by atoms with van der Waals surface area (Å²) in [6.45, 7) is 1.90. The van der Waals surface area contributed by atoms with E-state index in [4.69, 9.17) is 16.3 Å². The Kier molecular flexibility index (Phi) is 5.71. The van der Waals surface area contributed by atoms with Crippen LogP contribution in [0.1, 0.15) is 22.8 Å². The van der Waals surface area contributed by atoms with Gasteiger partial charge in [0.1, 0.15) is 17.1 Å². The van der Waals surface area contributed by atoms with Crippen molar-refractivity contribution in [2.75, 3.05) is 6.54 Å². The van der Waals surface area contributed by atoms with E-state index in [0.717, 1.165) is 24.3 Å². The SMILES string of the molecule is CCNC(=O)c1cc(Oc2ccc(C(F)(F)F)cc2Cl)ccc1[N+](=O)[O-]. The van der Waals surface area contributed by atoms with Crippen LogP contribution in [0, 0.1) is 10.1 Å². The Balaban J connectivity index is 2.37. The molecular formula is C16H12ClF3N2O4. The van der Waals surface area contributed by atoms with Crippen molar-refractivity contribution in [1.82, 2.24) is 5.32 Å². The molecule has 138 valence electrons. The third kappa shape index (κ3) is 4.42. The van der Waals surface area contributed by atoms with Gasteiger partial charge >= 0.3 is 6.18 Å². The number of nitrogens with one attached hydrogen (secondary N) is 1. The summed E-state index contributed by atoms with van der Waals surface area (Å²) < 4.78 is 43.3. The maximum Gasteiger partial charge on any atom is 0.416 e. The standard InChI is InChI=1S/C16H12ClF3N2O4/c1-2-21-15(23)11-8-10(4-5-13(11)22(24)25)26-14-6-3-9(7-12(14)17)16(18,19)20/h3-8H,2H2,1H3,(H,21,23). The van der Waals surface area contributed by atoms with Crippen molar-refractivity contribution >= 4 is 23.2 Å². The van der Waals surface area contributed by atoms with Gasteiger partial charge in [0, 0.05) is 18.7 Å². The van der Waals surface area contributed by atoms with Gasteiger partial charge in [0.2, 0.25) is 0 Å². The fraction of sp³-hybridized carbons (Fsp3) is 0.188. The van der Waals surface area contributed by atoms with Gasteiger partial charge < -0.3 is 10.1 Å². The van der Waals surface area contributed by atoms with Crippen LogP contribution in [-0.4, -0.2) is 17.4 Å². The zero-order chi connectivity index (χ0) is 19.5. The van der Waals surface area contributed by atoms with Crippen LogP contribution in [0.4, 0.5) is 18.9 Å². The maximum absolute atomic E-state index is 12.7. The van der Waals surface area contributed by atoms with Gasteiger partial charge in [-0.1, -0.05) is 11.6 Å². The lowest BCUT2D eigenvalue weighted by Gasteiger charge is -2.12. The van der Waals surface area contributed by atoms with Crippen molar-refractivity contribution in [2.45, 2.75) is 13.1 Å². The molecule has 1 amide bonds. The van der Waals surface area contributed by atoms with E-state index in [-0.39, 0.29) is 28.6 Å². The number of carbonyl (C=O) groups excluding carboxylic acids is 1. The molecule has 0 aliphatic heterocycles. The third-order valence-corrected chi connectivity index (χ3v) is 3.53. The quantitative estimate of drug-likeness (QED) is 0.588. The molecule has 0 fully saturated rings. The molecule has 6 nitrogen and oxygen atoms in total. The van der Waals surface area contributed by atoms with Crippen molar-refractivity contribution in [3.63, 3.8) is 0 Å². The van der Waals surface area contributed by atoms with Gasteiger partial charge in [-0.05, 0) is 31.2 Å². The van der Waals surface area contributed by atoms with E-state index >= 15 is 0 Å². The predicted octanol–water partition coefficient (Wildman–Crippen LogP) is 4.81. The highest BCUT2D eigenvalue weighted by Gasteiger charge is 2.31. The fourth-order valence-corrected chi connectivity index (χ4v) is 2.28. The lowest BCUT2D eigenvalue weighted by Crippen LogP contribution is -2.23. The number of nitro benzene ring substituents is 1. The second kappa shape index (κ2) is 7.61. The largest absolute Gasteiger partial charge is 0.456 e. The van der Waals surface area contributed by atoms with Gasteiger partial charge in [-0.25, -0.2) is 0 Å². The minimum Gasteiger partial charge on any atom is -0.456 e. The Hall–Kier alpha value is -2.81. The monoisotopic (exact) mass is 388 g/mol. The van der Waals surface area contributed by atoms with Gasteiger partial charge in [-0.15, -0.1) is 0 Å². The van der Waals surface area contributed by atoms with Crippen LogP contribution < -0.4 is 10.1 Å². The summed E-state index contributed by atoms with van der Waals surface area (Å²) in [6, 6.07) is 5.92. The van der Waals surface area contributed by atoms with E-state index in [0.29, 0.717) is 6.07 Å². The number of hydrogen-bond acceptors (Lipinski definition) is 4. The number of nitro groups is 1. The summed E-state index contributed by atoms with van der Waals surface area (Å²) in [6.07, 6.45) is -4.55. The first-order valence-electron chi connectivity index (χ1n) is 7.24. The Morgan fingerprint density at radius 3 is 2.50 bits per heavy atom. The summed E-state index contributed by atoms with van der Waals surface area (Å²) in [5.41, 5.74) is -1.61. The second-order valence-corrected chi connectivity index (χ2v) is 5.45. The average molecular weight is 389 g/mol. The average Bonchev–Trinajstić information content (AvgIpc) is 2.55. The molecule has 0 aromatic heterocycles. The molecule has 0 atom stereocenters. The summed E-state index contributed by atoms with van der Waals surface area (Å²) in [4.78, 5) is 22.3. The summed E-state index contributed by atoms with van der Waals surface area (Å²) in [5.74, 6) is -0.753. The van der Waals surface area contributed by atoms with Crippen LogP contribution >= 0.6 is 11.6 Å². The Morgan fingerprint density at radius 1 is 1.27 bits per heavy atom. The molecule has 0 spiro atoms. The minimum atomic E-state index is -4.55. The van der Waals surface area contributed by atoms with E-state index in [9.17, 15) is 28.1 Å². The van der Waals surface area contributed by atoms with Crippen molar-refractivity contribution in [3.8, 4) is 11.5 Å². The number of nitrogens with zero attached hydrogens (tertiary/aromatic N) is 1. The number of hydrogen-bond donors (Lipinski definition) is 1. The topological polar surface area (TPSA) is 81.5 Å². The molecule has 0 aliphatic carbocycles. The molecule has 2 rings (SSSR count). The van der Waals surface area contributed by atoms with Crippen LogP contribution in [0.25, 0.3) is 0 Å². The molecule has 0 unspecified atom stereocenters. The molecule has 2 aromatic rings. The zero-order valence-corrected chi connectivity index (χ0v) is 14.0. The molecule has 0 saturated heterocycles. The molecule has 1 N–H and O–H groups in total. The van der Waals surface area contributed by atoms with E-state index in [1.54, 1.807) is 6.92 Å².